The molecule has 0 saturated carbocycles. The van der Waals surface area contributed by atoms with Gasteiger partial charge in [0.2, 0.25) is 0 Å². The van der Waals surface area contributed by atoms with E-state index >= 15 is 0 Å². The minimum Gasteiger partial charge on any atom is -0.369 e. The predicted octanol–water partition coefficient (Wildman–Crippen LogP) is 3.64. The maximum Gasteiger partial charge on any atom is 0.165 e. The smallest absolute Gasteiger partial charge is 0.165 e. The molecule has 1 N–H and O–H groups in total. The van der Waals surface area contributed by atoms with E-state index in [1.54, 1.807) is 0 Å². The van der Waals surface area contributed by atoms with Gasteiger partial charge in [-0.3, -0.25) is 4.68 Å². The molecule has 0 aliphatic heterocycles. The molecular weight excluding hydrogens is 330 g/mol. The summed E-state index contributed by atoms with van der Waals surface area (Å²) in [6, 6.07) is 0. The summed E-state index contributed by atoms with van der Waals surface area (Å²) in [5.41, 5.74) is 4.12. The van der Waals surface area contributed by atoms with Crippen LogP contribution in [0.25, 0.3) is 11.4 Å². The first-order chi connectivity index (χ1) is 9.99. The van der Waals surface area contributed by atoms with Gasteiger partial charge in [-0.2, -0.15) is 5.10 Å². The van der Waals surface area contributed by atoms with Crippen LogP contribution in [0.1, 0.15) is 37.4 Å². The summed E-state index contributed by atoms with van der Waals surface area (Å²) in [4.78, 5) is 9.45. The zero-order chi connectivity index (χ0) is 15.6. The lowest BCUT2D eigenvalue weighted by molar-refractivity contribution is 0.731. The molecule has 0 aliphatic rings. The minimum absolute atomic E-state index is 0.751. The lowest BCUT2D eigenvalue weighted by Crippen LogP contribution is -2.07. The number of hydrogen-bond acceptors (Lipinski definition) is 4. The number of nitrogens with one attached hydrogen (secondary N) is 1. The van der Waals surface area contributed by atoms with Crippen LogP contribution in [0.5, 0.6) is 0 Å². The molecule has 0 atom stereocenters. The topological polar surface area (TPSA) is 55.6 Å². The van der Waals surface area contributed by atoms with Gasteiger partial charge in [0.05, 0.1) is 21.4 Å². The number of hydrogen-bond donors (Lipinski definition) is 1. The van der Waals surface area contributed by atoms with E-state index in [1.807, 2.05) is 25.6 Å². The van der Waals surface area contributed by atoms with Crippen LogP contribution in [-0.2, 0) is 13.5 Å². The Kier molecular flexibility index (Phi) is 4.98. The first-order valence-corrected chi connectivity index (χ1v) is 8.09. The van der Waals surface area contributed by atoms with Crippen molar-refractivity contribution in [2.75, 3.05) is 11.9 Å². The van der Waals surface area contributed by atoms with Crippen LogP contribution >= 0.6 is 15.9 Å². The highest BCUT2D eigenvalue weighted by Gasteiger charge is 2.18. The highest BCUT2D eigenvalue weighted by Crippen LogP contribution is 2.30. The van der Waals surface area contributed by atoms with Crippen molar-refractivity contribution in [3.05, 3.63) is 21.6 Å². The van der Waals surface area contributed by atoms with Crippen LogP contribution < -0.4 is 5.32 Å². The Bertz CT molecular complexity index is 621. The second kappa shape index (κ2) is 6.56. The van der Waals surface area contributed by atoms with Gasteiger partial charge in [-0.25, -0.2) is 9.97 Å². The van der Waals surface area contributed by atoms with E-state index in [-0.39, 0.29) is 0 Å². The second-order valence-corrected chi connectivity index (χ2v) is 5.90. The molecular formula is C15H22BrN5. The van der Waals surface area contributed by atoms with Crippen molar-refractivity contribution in [2.24, 2.45) is 7.05 Å². The first-order valence-electron chi connectivity index (χ1n) is 7.30. The number of halogens is 1. The Morgan fingerprint density at radius 3 is 2.43 bits per heavy atom. The molecule has 0 saturated heterocycles. The van der Waals surface area contributed by atoms with Crippen LogP contribution in [0.15, 0.2) is 4.47 Å². The summed E-state index contributed by atoms with van der Waals surface area (Å²) in [5, 5.41) is 7.77. The third kappa shape index (κ3) is 3.10. The first kappa shape index (κ1) is 15.9. The monoisotopic (exact) mass is 351 g/mol. The Balaban J connectivity index is 2.62. The molecule has 114 valence electrons. The van der Waals surface area contributed by atoms with Crippen LogP contribution in [-0.4, -0.2) is 26.3 Å². The van der Waals surface area contributed by atoms with Crippen molar-refractivity contribution in [3.8, 4) is 11.4 Å². The van der Waals surface area contributed by atoms with E-state index < -0.39 is 0 Å². The molecule has 2 rings (SSSR count). The molecule has 0 radical (unpaired) electrons. The fraction of sp³-hybridized carbons (Fsp3) is 0.533. The van der Waals surface area contributed by atoms with Gasteiger partial charge < -0.3 is 5.32 Å². The maximum absolute atomic E-state index is 4.76. The lowest BCUT2D eigenvalue weighted by Gasteiger charge is -2.12. The van der Waals surface area contributed by atoms with E-state index in [1.165, 1.54) is 0 Å². The molecule has 0 aromatic carbocycles. The molecule has 0 aliphatic carbocycles. The van der Waals surface area contributed by atoms with Gasteiger partial charge in [0, 0.05) is 19.3 Å². The van der Waals surface area contributed by atoms with Gasteiger partial charge in [0.1, 0.15) is 5.82 Å². The average molecular weight is 352 g/mol. The molecule has 6 heteroatoms. The zero-order valence-corrected chi connectivity index (χ0v) is 14.9. The molecule has 5 nitrogen and oxygen atoms in total. The fourth-order valence-corrected chi connectivity index (χ4v) is 2.91. The molecule has 2 heterocycles. The Morgan fingerprint density at radius 2 is 1.90 bits per heavy atom. The molecule has 0 unspecified atom stereocenters. The molecule has 21 heavy (non-hydrogen) atoms. The van der Waals surface area contributed by atoms with Crippen LogP contribution in [0.3, 0.4) is 0 Å². The minimum atomic E-state index is 0.751. The van der Waals surface area contributed by atoms with Crippen molar-refractivity contribution in [1.29, 1.82) is 0 Å². The largest absolute Gasteiger partial charge is 0.369 e. The number of nitrogens with zero attached hydrogens (tertiary/aromatic N) is 4. The molecule has 0 amide bonds. The fourth-order valence-electron chi connectivity index (χ4n) is 2.39. The quantitative estimate of drug-likeness (QED) is 0.893. The average Bonchev–Trinajstić information content (AvgIpc) is 2.68. The van der Waals surface area contributed by atoms with E-state index in [0.29, 0.717) is 0 Å². The SMILES string of the molecule is CCCc1nc(-c2c(C)nn(C)c2C)nc(NCC)c1Br. The van der Waals surface area contributed by atoms with Crippen molar-refractivity contribution >= 4 is 21.7 Å². The third-order valence-electron chi connectivity index (χ3n) is 3.48. The summed E-state index contributed by atoms with van der Waals surface area (Å²) < 4.78 is 2.84. The second-order valence-electron chi connectivity index (χ2n) is 5.11. The number of rotatable bonds is 5. The van der Waals surface area contributed by atoms with Crippen molar-refractivity contribution in [1.82, 2.24) is 19.7 Å². The molecule has 0 bridgehead atoms. The molecule has 0 spiro atoms. The summed E-state index contributed by atoms with van der Waals surface area (Å²) >= 11 is 3.62. The van der Waals surface area contributed by atoms with Gasteiger partial charge in [-0.15, -0.1) is 0 Å². The van der Waals surface area contributed by atoms with Gasteiger partial charge >= 0.3 is 0 Å². The van der Waals surface area contributed by atoms with Gasteiger partial charge in [-0.05, 0) is 43.1 Å². The Morgan fingerprint density at radius 1 is 1.19 bits per heavy atom. The van der Waals surface area contributed by atoms with Crippen molar-refractivity contribution < 1.29 is 0 Å². The van der Waals surface area contributed by atoms with Crippen LogP contribution in [0, 0.1) is 13.8 Å². The third-order valence-corrected chi connectivity index (χ3v) is 4.32. The highest BCUT2D eigenvalue weighted by atomic mass is 79.9. The van der Waals surface area contributed by atoms with E-state index in [4.69, 9.17) is 4.98 Å². The van der Waals surface area contributed by atoms with Crippen molar-refractivity contribution in [2.45, 2.75) is 40.5 Å². The summed E-state index contributed by atoms with van der Waals surface area (Å²) in [5.74, 6) is 1.61. The van der Waals surface area contributed by atoms with Crippen LogP contribution in [0.4, 0.5) is 5.82 Å². The van der Waals surface area contributed by atoms with E-state index in [2.05, 4.69) is 45.2 Å². The lowest BCUT2D eigenvalue weighted by atomic mass is 10.1. The van der Waals surface area contributed by atoms with Crippen molar-refractivity contribution in [3.63, 3.8) is 0 Å². The highest BCUT2D eigenvalue weighted by molar-refractivity contribution is 9.10. The van der Waals surface area contributed by atoms with E-state index in [9.17, 15) is 0 Å². The predicted molar refractivity (Wildman–Crippen MR) is 89.6 cm³/mol. The van der Waals surface area contributed by atoms with Gasteiger partial charge in [0.15, 0.2) is 5.82 Å². The maximum atomic E-state index is 4.76. The standard InChI is InChI=1S/C15H22BrN5/c1-6-8-11-13(16)15(17-7-2)19-14(18-11)12-9(3)20-21(5)10(12)4/h6-8H2,1-5H3,(H,17,18,19). The zero-order valence-electron chi connectivity index (χ0n) is 13.3. The van der Waals surface area contributed by atoms with Gasteiger partial charge in [-0.1, -0.05) is 13.3 Å². The number of aromatic nitrogens is 4. The summed E-state index contributed by atoms with van der Waals surface area (Å²) in [7, 11) is 1.95. The number of aryl methyl sites for hydroxylation is 3. The number of anilines is 1. The van der Waals surface area contributed by atoms with Crippen LogP contribution in [0.2, 0.25) is 0 Å². The molecule has 2 aromatic rings. The summed E-state index contributed by atoms with van der Waals surface area (Å²) in [6.07, 6.45) is 1.97. The Labute approximate surface area is 134 Å². The molecule has 2 aromatic heterocycles. The summed E-state index contributed by atoms with van der Waals surface area (Å²) in [6.45, 7) is 9.09. The van der Waals surface area contributed by atoms with E-state index in [0.717, 1.165) is 58.1 Å². The van der Waals surface area contributed by atoms with Gasteiger partial charge in [0.25, 0.3) is 0 Å². The normalized spacial score (nSPS) is 11.0. The Hall–Kier alpha value is -1.43. The molecule has 0 fully saturated rings.